The highest BCUT2D eigenvalue weighted by Crippen LogP contribution is 2.22. The van der Waals surface area contributed by atoms with Crippen LogP contribution in [0.2, 0.25) is 0 Å². The van der Waals surface area contributed by atoms with Gasteiger partial charge in [-0.25, -0.2) is 0 Å². The van der Waals surface area contributed by atoms with Crippen molar-refractivity contribution in [1.82, 2.24) is 10.2 Å². The van der Waals surface area contributed by atoms with Gasteiger partial charge in [0.15, 0.2) is 5.96 Å². The zero-order valence-electron chi connectivity index (χ0n) is 15.0. The van der Waals surface area contributed by atoms with E-state index >= 15 is 0 Å². The maximum absolute atomic E-state index is 5.32. The first-order valence-corrected chi connectivity index (χ1v) is 9.34. The monoisotopic (exact) mass is 464 g/mol. The van der Waals surface area contributed by atoms with Crippen LogP contribution in [0.5, 0.6) is 5.75 Å². The van der Waals surface area contributed by atoms with Gasteiger partial charge >= 0.3 is 0 Å². The number of anilines is 1. The average Bonchev–Trinajstić information content (AvgIpc) is 2.62. The third-order valence-corrected chi connectivity index (χ3v) is 5.13. The molecule has 1 aromatic rings. The van der Waals surface area contributed by atoms with Crippen LogP contribution in [0, 0.1) is 0 Å². The Labute approximate surface area is 167 Å². The fourth-order valence-corrected chi connectivity index (χ4v) is 2.88. The van der Waals surface area contributed by atoms with Crippen LogP contribution < -0.4 is 15.0 Å². The molecule has 0 saturated carbocycles. The number of hydrogen-bond donors (Lipinski definition) is 1. The molecular formula is C17H29IN4OS. The second-order valence-electron chi connectivity index (χ2n) is 5.65. The number of halogens is 1. The van der Waals surface area contributed by atoms with E-state index in [1.54, 1.807) is 7.11 Å². The second-order valence-corrected chi connectivity index (χ2v) is 6.93. The molecule has 1 atom stereocenters. The SMILES string of the molecule is CN=C(NCC(C)SC)N1CCN(c2cccc(OC)c2)CC1.I. The zero-order chi connectivity index (χ0) is 16.7. The molecule has 0 radical (unpaired) electrons. The number of benzene rings is 1. The Morgan fingerprint density at radius 1 is 1.33 bits per heavy atom. The smallest absolute Gasteiger partial charge is 0.193 e. The van der Waals surface area contributed by atoms with Gasteiger partial charge in [-0.1, -0.05) is 13.0 Å². The number of thioether (sulfide) groups is 1. The first-order chi connectivity index (χ1) is 11.2. The molecule has 0 spiro atoms. The van der Waals surface area contributed by atoms with Gasteiger partial charge in [0.05, 0.1) is 7.11 Å². The quantitative estimate of drug-likeness (QED) is 0.413. The molecule has 0 aliphatic carbocycles. The van der Waals surface area contributed by atoms with Gasteiger partial charge in [-0.15, -0.1) is 24.0 Å². The Morgan fingerprint density at radius 2 is 2.04 bits per heavy atom. The third kappa shape index (κ3) is 5.91. The Hall–Kier alpha value is -0.830. The van der Waals surface area contributed by atoms with Crippen LogP contribution in [-0.2, 0) is 0 Å². The highest BCUT2D eigenvalue weighted by atomic mass is 127. The summed E-state index contributed by atoms with van der Waals surface area (Å²) in [5.74, 6) is 1.92. The summed E-state index contributed by atoms with van der Waals surface area (Å²) in [7, 11) is 3.57. The number of rotatable bonds is 5. The van der Waals surface area contributed by atoms with E-state index in [1.807, 2.05) is 30.9 Å². The zero-order valence-corrected chi connectivity index (χ0v) is 18.1. The van der Waals surface area contributed by atoms with E-state index in [9.17, 15) is 0 Å². The number of ether oxygens (including phenoxy) is 1. The predicted molar refractivity (Wildman–Crippen MR) is 117 cm³/mol. The number of methoxy groups -OCH3 is 1. The molecule has 0 amide bonds. The molecule has 1 aliphatic rings. The second kappa shape index (κ2) is 10.9. The summed E-state index contributed by atoms with van der Waals surface area (Å²) in [4.78, 5) is 9.16. The number of hydrogen-bond acceptors (Lipinski definition) is 4. The van der Waals surface area contributed by atoms with Crippen molar-refractivity contribution in [1.29, 1.82) is 0 Å². The molecule has 0 bridgehead atoms. The Morgan fingerprint density at radius 3 is 2.62 bits per heavy atom. The van der Waals surface area contributed by atoms with Gasteiger partial charge in [0.25, 0.3) is 0 Å². The van der Waals surface area contributed by atoms with Crippen LogP contribution >= 0.6 is 35.7 Å². The topological polar surface area (TPSA) is 40.1 Å². The molecule has 1 fully saturated rings. The van der Waals surface area contributed by atoms with E-state index in [2.05, 4.69) is 45.4 Å². The van der Waals surface area contributed by atoms with E-state index in [1.165, 1.54) is 5.69 Å². The molecule has 1 heterocycles. The number of nitrogens with zero attached hydrogens (tertiary/aromatic N) is 3. The van der Waals surface area contributed by atoms with Crippen molar-refractivity contribution in [2.45, 2.75) is 12.2 Å². The maximum atomic E-state index is 5.32. The number of guanidine groups is 1. The minimum atomic E-state index is 0. The summed E-state index contributed by atoms with van der Waals surface area (Å²) < 4.78 is 5.32. The molecule has 1 saturated heterocycles. The Bertz CT molecular complexity index is 521. The van der Waals surface area contributed by atoms with Crippen molar-refractivity contribution >= 4 is 47.4 Å². The van der Waals surface area contributed by atoms with Gasteiger partial charge < -0.3 is 19.9 Å². The summed E-state index contributed by atoms with van der Waals surface area (Å²) in [6.07, 6.45) is 2.14. The van der Waals surface area contributed by atoms with Crippen molar-refractivity contribution in [2.75, 3.05) is 58.0 Å². The lowest BCUT2D eigenvalue weighted by Gasteiger charge is -2.38. The van der Waals surface area contributed by atoms with Crippen LogP contribution in [0.15, 0.2) is 29.3 Å². The summed E-state index contributed by atoms with van der Waals surface area (Å²) >= 11 is 1.87. The van der Waals surface area contributed by atoms with Crippen molar-refractivity contribution in [3.63, 3.8) is 0 Å². The fraction of sp³-hybridized carbons (Fsp3) is 0.588. The van der Waals surface area contributed by atoms with Crippen LogP contribution in [0.4, 0.5) is 5.69 Å². The highest BCUT2D eigenvalue weighted by molar-refractivity contribution is 14.0. The summed E-state index contributed by atoms with van der Waals surface area (Å²) in [6, 6.07) is 8.28. The van der Waals surface area contributed by atoms with Gasteiger partial charge in [-0.2, -0.15) is 11.8 Å². The highest BCUT2D eigenvalue weighted by Gasteiger charge is 2.20. The van der Waals surface area contributed by atoms with E-state index in [-0.39, 0.29) is 24.0 Å². The summed E-state index contributed by atoms with van der Waals surface area (Å²) in [5.41, 5.74) is 1.22. The van der Waals surface area contributed by atoms with Gasteiger partial charge in [0, 0.05) is 56.8 Å². The van der Waals surface area contributed by atoms with Gasteiger partial charge in [-0.3, -0.25) is 4.99 Å². The molecule has 24 heavy (non-hydrogen) atoms. The van der Waals surface area contributed by atoms with E-state index in [0.29, 0.717) is 5.25 Å². The summed E-state index contributed by atoms with van der Waals surface area (Å²) in [6.45, 7) is 7.11. The fourth-order valence-electron chi connectivity index (χ4n) is 2.63. The minimum absolute atomic E-state index is 0. The summed E-state index contributed by atoms with van der Waals surface area (Å²) in [5, 5.41) is 4.07. The van der Waals surface area contributed by atoms with Gasteiger partial charge in [0.2, 0.25) is 0 Å². The average molecular weight is 464 g/mol. The van der Waals surface area contributed by atoms with E-state index < -0.39 is 0 Å². The molecule has 136 valence electrons. The predicted octanol–water partition coefficient (Wildman–Crippen LogP) is 2.76. The lowest BCUT2D eigenvalue weighted by molar-refractivity contribution is 0.372. The molecular weight excluding hydrogens is 435 g/mol. The molecule has 0 aromatic heterocycles. The van der Waals surface area contributed by atoms with Crippen molar-refractivity contribution < 1.29 is 4.74 Å². The normalized spacial score (nSPS) is 16.4. The van der Waals surface area contributed by atoms with Gasteiger partial charge in [-0.05, 0) is 18.4 Å². The maximum Gasteiger partial charge on any atom is 0.193 e. The van der Waals surface area contributed by atoms with Crippen LogP contribution in [0.25, 0.3) is 0 Å². The van der Waals surface area contributed by atoms with E-state index in [0.717, 1.165) is 44.4 Å². The number of aliphatic imine (C=N–C) groups is 1. The van der Waals surface area contributed by atoms with Gasteiger partial charge in [0.1, 0.15) is 5.75 Å². The minimum Gasteiger partial charge on any atom is -0.497 e. The first kappa shape index (κ1) is 21.2. The standard InChI is InChI=1S/C17H28N4OS.HI/c1-14(23-4)13-19-17(18-2)21-10-8-20(9-11-21)15-6-5-7-16(12-15)22-3;/h5-7,12,14H,8-11,13H2,1-4H3,(H,18,19);1H. The third-order valence-electron chi connectivity index (χ3n) is 4.16. The van der Waals surface area contributed by atoms with Crippen molar-refractivity contribution in [2.24, 2.45) is 4.99 Å². The molecule has 1 aliphatic heterocycles. The Balaban J connectivity index is 0.00000288. The molecule has 1 unspecified atom stereocenters. The lowest BCUT2D eigenvalue weighted by atomic mass is 10.2. The number of nitrogens with one attached hydrogen (secondary N) is 1. The Kier molecular flexibility index (Phi) is 9.65. The molecule has 1 N–H and O–H groups in total. The number of piperazine rings is 1. The van der Waals surface area contributed by atoms with Crippen LogP contribution in [0.3, 0.4) is 0 Å². The van der Waals surface area contributed by atoms with Crippen molar-refractivity contribution in [3.05, 3.63) is 24.3 Å². The molecule has 5 nitrogen and oxygen atoms in total. The lowest BCUT2D eigenvalue weighted by Crippen LogP contribution is -2.53. The van der Waals surface area contributed by atoms with E-state index in [4.69, 9.17) is 4.74 Å². The molecule has 1 aromatic carbocycles. The first-order valence-electron chi connectivity index (χ1n) is 8.05. The molecule has 7 heteroatoms. The van der Waals surface area contributed by atoms with Crippen molar-refractivity contribution in [3.8, 4) is 5.75 Å². The van der Waals surface area contributed by atoms with Crippen LogP contribution in [0.1, 0.15) is 6.92 Å². The largest absolute Gasteiger partial charge is 0.497 e. The molecule has 2 rings (SSSR count). The van der Waals surface area contributed by atoms with Crippen LogP contribution in [-0.4, -0.2) is 69.2 Å².